The number of nitriles is 1. The van der Waals surface area contributed by atoms with Gasteiger partial charge in [-0.3, -0.25) is 19.2 Å². The number of halogens is 4. The summed E-state index contributed by atoms with van der Waals surface area (Å²) in [7, 11) is 0. The summed E-state index contributed by atoms with van der Waals surface area (Å²) in [4.78, 5) is 52.2. The molecule has 2 bridgehead atoms. The Kier molecular flexibility index (Phi) is 7.22. The molecule has 4 aliphatic rings. The molecule has 0 radical (unpaired) electrons. The van der Waals surface area contributed by atoms with Crippen molar-refractivity contribution < 1.29 is 36.7 Å². The first-order valence-electron chi connectivity index (χ1n) is 12.7. The van der Waals surface area contributed by atoms with Crippen LogP contribution in [0.3, 0.4) is 0 Å². The molecule has 0 aromatic rings. The Labute approximate surface area is 217 Å². The van der Waals surface area contributed by atoms with Gasteiger partial charge in [0, 0.05) is 30.8 Å². The number of hydrogen-bond donors (Lipinski definition) is 3. The second kappa shape index (κ2) is 9.85. The number of fused-ring (bicyclic) bond motifs is 5. The van der Waals surface area contributed by atoms with E-state index < -0.39 is 65.2 Å². The van der Waals surface area contributed by atoms with E-state index in [0.717, 1.165) is 4.90 Å². The summed E-state index contributed by atoms with van der Waals surface area (Å²) in [5.74, 6) is -6.76. The van der Waals surface area contributed by atoms with Crippen LogP contribution < -0.4 is 16.0 Å². The summed E-state index contributed by atoms with van der Waals surface area (Å²) in [6, 6.07) is -1.97. The number of nitrogens with one attached hydrogen (secondary N) is 3. The van der Waals surface area contributed by atoms with Gasteiger partial charge < -0.3 is 20.9 Å². The molecule has 2 aliphatic carbocycles. The number of carbonyl (C=O) groups is 4. The maximum absolute atomic E-state index is 14.7. The SMILES string of the molecule is CC(C)(C)[C@H](NC(=O)C(F)(F)F)C(=O)N1C[C@H]2[C@H]([C@@H]3C[C@H]2C=C3F)[C@H]1C(=O)N[C@H](C#N)C[C@@H]1CCNC1=O. The average Bonchev–Trinajstić information content (AvgIpc) is 3.56. The Morgan fingerprint density at radius 3 is 2.47 bits per heavy atom. The van der Waals surface area contributed by atoms with Crippen molar-refractivity contribution in [3.8, 4) is 6.07 Å². The Bertz CT molecular complexity index is 1090. The molecule has 0 unspecified atom stereocenters. The van der Waals surface area contributed by atoms with Crippen LogP contribution >= 0.6 is 0 Å². The number of rotatable bonds is 6. The van der Waals surface area contributed by atoms with Gasteiger partial charge in [0.15, 0.2) is 0 Å². The van der Waals surface area contributed by atoms with Gasteiger partial charge in [-0.15, -0.1) is 0 Å². The molecule has 3 N–H and O–H groups in total. The highest BCUT2D eigenvalue weighted by atomic mass is 19.4. The van der Waals surface area contributed by atoms with Crippen molar-refractivity contribution in [2.75, 3.05) is 13.1 Å². The predicted molar refractivity (Wildman–Crippen MR) is 124 cm³/mol. The zero-order chi connectivity index (χ0) is 28.2. The lowest BCUT2D eigenvalue weighted by Crippen LogP contribution is -2.60. The van der Waals surface area contributed by atoms with Crippen molar-refractivity contribution in [1.29, 1.82) is 5.26 Å². The normalized spacial score (nSPS) is 31.7. The standard InChI is InChI=1S/C25H31F4N5O4/c1-24(2,3)19(33-23(38)25(27,28)29)22(37)34-10-15-12-7-14(16(26)8-12)17(15)18(34)21(36)32-13(9-30)6-11-4-5-31-20(11)35/h8,11-15,17-19H,4-7,10H2,1-3H3,(H,31,35)(H,32,36)(H,33,38)/t11-,12-,13-,14+,15+,17-,18-,19+/m0/s1. The highest BCUT2D eigenvalue weighted by Crippen LogP contribution is 2.57. The zero-order valence-electron chi connectivity index (χ0n) is 21.3. The number of alkyl halides is 3. The van der Waals surface area contributed by atoms with E-state index in [9.17, 15) is 42.0 Å². The van der Waals surface area contributed by atoms with Crippen LogP contribution in [0.15, 0.2) is 11.9 Å². The third kappa shape index (κ3) is 5.09. The topological polar surface area (TPSA) is 131 Å². The van der Waals surface area contributed by atoms with Crippen molar-refractivity contribution in [2.24, 2.45) is 35.0 Å². The van der Waals surface area contributed by atoms with E-state index >= 15 is 0 Å². The van der Waals surface area contributed by atoms with E-state index in [2.05, 4.69) is 10.6 Å². The van der Waals surface area contributed by atoms with Gasteiger partial charge in [-0.1, -0.05) is 20.8 Å². The molecule has 1 saturated carbocycles. The number of amides is 4. The van der Waals surface area contributed by atoms with Gasteiger partial charge in [0.1, 0.15) is 18.1 Å². The summed E-state index contributed by atoms with van der Waals surface area (Å²) in [6.07, 6.45) is -2.74. The highest BCUT2D eigenvalue weighted by molar-refractivity contribution is 5.94. The van der Waals surface area contributed by atoms with Crippen LogP contribution in [0.25, 0.3) is 0 Å². The van der Waals surface area contributed by atoms with Gasteiger partial charge in [-0.2, -0.15) is 18.4 Å². The summed E-state index contributed by atoms with van der Waals surface area (Å²) in [6.45, 7) is 4.92. The fourth-order valence-corrected chi connectivity index (χ4v) is 6.41. The molecule has 4 amide bonds. The summed E-state index contributed by atoms with van der Waals surface area (Å²) in [5, 5.41) is 16.7. The van der Waals surface area contributed by atoms with Gasteiger partial charge in [0.05, 0.1) is 11.9 Å². The number of carbonyl (C=O) groups excluding carboxylic acids is 4. The van der Waals surface area contributed by atoms with Crippen molar-refractivity contribution in [2.45, 2.75) is 64.3 Å². The first-order valence-corrected chi connectivity index (χ1v) is 12.7. The monoisotopic (exact) mass is 541 g/mol. The van der Waals surface area contributed by atoms with Crippen LogP contribution in [0.4, 0.5) is 17.6 Å². The van der Waals surface area contributed by atoms with Crippen LogP contribution in [0.5, 0.6) is 0 Å². The first-order chi connectivity index (χ1) is 17.6. The van der Waals surface area contributed by atoms with E-state index in [1.165, 1.54) is 26.8 Å². The molecule has 208 valence electrons. The second-order valence-electron chi connectivity index (χ2n) is 11.7. The molecule has 2 saturated heterocycles. The van der Waals surface area contributed by atoms with Gasteiger partial charge in [0.2, 0.25) is 17.7 Å². The molecular weight excluding hydrogens is 510 g/mol. The number of allylic oxidation sites excluding steroid dienone is 2. The average molecular weight is 542 g/mol. The zero-order valence-corrected chi connectivity index (χ0v) is 21.3. The van der Waals surface area contributed by atoms with E-state index in [-0.39, 0.29) is 36.5 Å². The molecule has 2 heterocycles. The molecule has 8 atom stereocenters. The van der Waals surface area contributed by atoms with E-state index in [1.54, 1.807) is 5.32 Å². The lowest BCUT2D eigenvalue weighted by molar-refractivity contribution is -0.176. The third-order valence-electron chi connectivity index (χ3n) is 8.22. The molecule has 38 heavy (non-hydrogen) atoms. The fourth-order valence-electron chi connectivity index (χ4n) is 6.41. The smallest absolute Gasteiger partial charge is 0.356 e. The minimum Gasteiger partial charge on any atom is -0.356 e. The molecule has 2 aliphatic heterocycles. The molecule has 9 nitrogen and oxygen atoms in total. The highest BCUT2D eigenvalue weighted by Gasteiger charge is 2.61. The lowest BCUT2D eigenvalue weighted by atomic mass is 9.81. The molecule has 0 spiro atoms. The van der Waals surface area contributed by atoms with Crippen LogP contribution in [-0.2, 0) is 19.2 Å². The number of likely N-dealkylation sites (tertiary alicyclic amines) is 1. The Hall–Kier alpha value is -3.17. The minimum atomic E-state index is -5.22. The van der Waals surface area contributed by atoms with Crippen LogP contribution in [-0.4, -0.2) is 65.9 Å². The third-order valence-corrected chi connectivity index (χ3v) is 8.22. The molecular formula is C25H31F4N5O4. The first kappa shape index (κ1) is 27.9. The molecule has 13 heteroatoms. The van der Waals surface area contributed by atoms with Gasteiger partial charge in [0.25, 0.3) is 0 Å². The van der Waals surface area contributed by atoms with Crippen molar-refractivity contribution in [3.05, 3.63) is 11.9 Å². The Morgan fingerprint density at radius 1 is 1.24 bits per heavy atom. The van der Waals surface area contributed by atoms with Crippen molar-refractivity contribution >= 4 is 23.6 Å². The second-order valence-corrected chi connectivity index (χ2v) is 11.7. The summed E-state index contributed by atoms with van der Waals surface area (Å²) in [5.41, 5.74) is -1.15. The fraction of sp³-hybridized carbons (Fsp3) is 0.720. The maximum Gasteiger partial charge on any atom is 0.471 e. The largest absolute Gasteiger partial charge is 0.471 e. The molecule has 0 aromatic carbocycles. The Morgan fingerprint density at radius 2 is 1.92 bits per heavy atom. The Balaban J connectivity index is 1.61. The molecule has 3 fully saturated rings. The van der Waals surface area contributed by atoms with Crippen LogP contribution in [0.2, 0.25) is 0 Å². The van der Waals surface area contributed by atoms with E-state index in [1.807, 2.05) is 6.07 Å². The van der Waals surface area contributed by atoms with Gasteiger partial charge in [-0.25, -0.2) is 4.39 Å². The van der Waals surface area contributed by atoms with Gasteiger partial charge >= 0.3 is 12.1 Å². The van der Waals surface area contributed by atoms with Crippen LogP contribution in [0, 0.1) is 46.3 Å². The van der Waals surface area contributed by atoms with Crippen LogP contribution in [0.1, 0.15) is 40.0 Å². The molecule has 0 aromatic heterocycles. The quantitative estimate of drug-likeness (QED) is 0.440. The number of hydrogen-bond acceptors (Lipinski definition) is 5. The summed E-state index contributed by atoms with van der Waals surface area (Å²) >= 11 is 0. The van der Waals surface area contributed by atoms with E-state index in [0.29, 0.717) is 19.4 Å². The lowest BCUT2D eigenvalue weighted by Gasteiger charge is -2.37. The number of nitrogens with zero attached hydrogens (tertiary/aromatic N) is 2. The predicted octanol–water partition coefficient (Wildman–Crippen LogP) is 1.56. The van der Waals surface area contributed by atoms with Crippen molar-refractivity contribution in [3.63, 3.8) is 0 Å². The molecule has 4 rings (SSSR count). The van der Waals surface area contributed by atoms with E-state index in [4.69, 9.17) is 0 Å². The maximum atomic E-state index is 14.7. The summed E-state index contributed by atoms with van der Waals surface area (Å²) < 4.78 is 53.8. The minimum absolute atomic E-state index is 0.00323. The van der Waals surface area contributed by atoms with Crippen molar-refractivity contribution in [1.82, 2.24) is 20.9 Å². The van der Waals surface area contributed by atoms with Gasteiger partial charge in [-0.05, 0) is 42.6 Å².